The van der Waals surface area contributed by atoms with Crippen molar-refractivity contribution >= 4 is 11.9 Å². The van der Waals surface area contributed by atoms with Crippen LogP contribution >= 0.6 is 0 Å². The van der Waals surface area contributed by atoms with Gasteiger partial charge in [-0.1, -0.05) is 18.2 Å². The third kappa shape index (κ3) is 3.35. The first-order valence-corrected chi connectivity index (χ1v) is 5.71. The van der Waals surface area contributed by atoms with E-state index in [4.69, 9.17) is 4.74 Å². The summed E-state index contributed by atoms with van der Waals surface area (Å²) in [5.41, 5.74) is 0. The minimum Gasteiger partial charge on any atom is -0.493 e. The number of imidazole rings is 1. The summed E-state index contributed by atoms with van der Waals surface area (Å²) in [6.45, 7) is 0.347. The molecule has 5 nitrogen and oxygen atoms in total. The van der Waals surface area contributed by atoms with Gasteiger partial charge in [-0.15, -0.1) is 0 Å². The highest BCUT2D eigenvalue weighted by atomic mass is 16.5. The number of nitrogens with zero attached hydrogens (tertiary/aromatic N) is 2. The molecule has 18 heavy (non-hydrogen) atoms. The zero-order chi connectivity index (χ0) is 12.8. The zero-order valence-corrected chi connectivity index (χ0v) is 10.2. The highest BCUT2D eigenvalue weighted by Gasteiger charge is 2.05. The molecule has 0 radical (unpaired) electrons. The number of amides is 1. The predicted octanol–water partition coefficient (Wildman–Crippen LogP) is 1.83. The van der Waals surface area contributed by atoms with Crippen molar-refractivity contribution < 1.29 is 9.53 Å². The summed E-state index contributed by atoms with van der Waals surface area (Å²) in [6.07, 6.45) is 3.70. The van der Waals surface area contributed by atoms with E-state index in [1.165, 1.54) is 0 Å². The van der Waals surface area contributed by atoms with Gasteiger partial charge < -0.3 is 9.30 Å². The monoisotopic (exact) mass is 245 g/mol. The van der Waals surface area contributed by atoms with Crippen molar-refractivity contribution in [3.05, 3.63) is 42.7 Å². The topological polar surface area (TPSA) is 56.2 Å². The molecule has 0 aliphatic heterocycles. The predicted molar refractivity (Wildman–Crippen MR) is 68.4 cm³/mol. The van der Waals surface area contributed by atoms with Gasteiger partial charge in [-0.25, -0.2) is 4.98 Å². The van der Waals surface area contributed by atoms with Crippen molar-refractivity contribution in [2.75, 3.05) is 11.9 Å². The number of aromatic nitrogens is 2. The van der Waals surface area contributed by atoms with Gasteiger partial charge in [0.1, 0.15) is 5.75 Å². The number of aryl methyl sites for hydroxylation is 1. The van der Waals surface area contributed by atoms with Crippen molar-refractivity contribution in [2.45, 2.75) is 6.42 Å². The summed E-state index contributed by atoms with van der Waals surface area (Å²) in [7, 11) is 1.82. The number of nitrogens with one attached hydrogen (secondary N) is 1. The molecule has 0 saturated heterocycles. The van der Waals surface area contributed by atoms with Gasteiger partial charge in [-0.2, -0.15) is 0 Å². The number of ether oxygens (including phenoxy) is 1. The molecule has 1 aromatic carbocycles. The van der Waals surface area contributed by atoms with Crippen molar-refractivity contribution in [2.24, 2.45) is 7.05 Å². The van der Waals surface area contributed by atoms with Gasteiger partial charge in [0, 0.05) is 19.4 Å². The lowest BCUT2D eigenvalue weighted by molar-refractivity contribution is -0.116. The molecule has 1 N–H and O–H groups in total. The van der Waals surface area contributed by atoms with E-state index in [1.807, 2.05) is 37.4 Å². The molecule has 0 saturated carbocycles. The van der Waals surface area contributed by atoms with Crippen molar-refractivity contribution in [3.8, 4) is 5.75 Å². The molecule has 1 aromatic heterocycles. The fourth-order valence-corrected chi connectivity index (χ4v) is 1.45. The van der Waals surface area contributed by atoms with Crippen LogP contribution in [-0.2, 0) is 11.8 Å². The number of carbonyl (C=O) groups excluding carboxylic acids is 1. The van der Waals surface area contributed by atoms with Crippen molar-refractivity contribution in [3.63, 3.8) is 0 Å². The van der Waals surface area contributed by atoms with Gasteiger partial charge in [-0.3, -0.25) is 10.1 Å². The van der Waals surface area contributed by atoms with Gasteiger partial charge in [0.15, 0.2) is 0 Å². The first-order valence-electron chi connectivity index (χ1n) is 5.71. The van der Waals surface area contributed by atoms with E-state index in [0.29, 0.717) is 19.0 Å². The Balaban J connectivity index is 1.74. The first-order chi connectivity index (χ1) is 8.75. The second kappa shape index (κ2) is 5.86. The van der Waals surface area contributed by atoms with E-state index in [2.05, 4.69) is 10.3 Å². The molecule has 0 aliphatic carbocycles. The summed E-state index contributed by atoms with van der Waals surface area (Å²) >= 11 is 0. The van der Waals surface area contributed by atoms with E-state index in [-0.39, 0.29) is 5.91 Å². The molecule has 0 fully saturated rings. The largest absolute Gasteiger partial charge is 0.493 e. The SMILES string of the molecule is Cn1ccnc1NC(=O)CCOc1ccccc1. The first kappa shape index (κ1) is 12.2. The molecule has 0 atom stereocenters. The van der Waals surface area contributed by atoms with Gasteiger partial charge in [0.25, 0.3) is 0 Å². The molecular formula is C13H15N3O2. The Morgan fingerprint density at radius 3 is 2.83 bits per heavy atom. The summed E-state index contributed by atoms with van der Waals surface area (Å²) in [4.78, 5) is 15.6. The fourth-order valence-electron chi connectivity index (χ4n) is 1.45. The number of benzene rings is 1. The molecule has 0 aliphatic rings. The Hall–Kier alpha value is -2.30. The maximum atomic E-state index is 11.6. The van der Waals surface area contributed by atoms with Gasteiger partial charge in [0.2, 0.25) is 11.9 Å². The van der Waals surface area contributed by atoms with E-state index < -0.39 is 0 Å². The van der Waals surface area contributed by atoms with E-state index >= 15 is 0 Å². The van der Waals surface area contributed by atoms with E-state index in [9.17, 15) is 4.79 Å². The minimum absolute atomic E-state index is 0.111. The van der Waals surface area contributed by atoms with Crippen LogP contribution in [0.3, 0.4) is 0 Å². The fraction of sp³-hybridized carbons (Fsp3) is 0.231. The summed E-state index contributed by atoms with van der Waals surface area (Å²) in [6, 6.07) is 9.42. The number of hydrogen-bond acceptors (Lipinski definition) is 3. The highest BCUT2D eigenvalue weighted by Crippen LogP contribution is 2.08. The highest BCUT2D eigenvalue weighted by molar-refractivity contribution is 5.89. The molecule has 2 aromatic rings. The molecule has 5 heteroatoms. The molecule has 94 valence electrons. The molecular weight excluding hydrogens is 230 g/mol. The van der Waals surface area contributed by atoms with Crippen molar-refractivity contribution in [1.82, 2.24) is 9.55 Å². The Kier molecular flexibility index (Phi) is 3.96. The van der Waals surface area contributed by atoms with Crippen molar-refractivity contribution in [1.29, 1.82) is 0 Å². The Labute approximate surface area is 105 Å². The number of anilines is 1. The van der Waals surface area contributed by atoms with Gasteiger partial charge in [-0.05, 0) is 12.1 Å². The molecule has 1 heterocycles. The minimum atomic E-state index is -0.111. The van der Waals surface area contributed by atoms with Crippen LogP contribution in [0.4, 0.5) is 5.95 Å². The maximum Gasteiger partial charge on any atom is 0.230 e. The van der Waals surface area contributed by atoms with Crippen LogP contribution in [0.1, 0.15) is 6.42 Å². The zero-order valence-electron chi connectivity index (χ0n) is 10.2. The second-order valence-corrected chi connectivity index (χ2v) is 3.82. The van der Waals surface area contributed by atoms with Crippen LogP contribution in [0.15, 0.2) is 42.7 Å². The lowest BCUT2D eigenvalue weighted by atomic mass is 10.3. The number of para-hydroxylation sites is 1. The molecule has 0 spiro atoms. The molecule has 0 bridgehead atoms. The van der Waals surface area contributed by atoms with Crippen LogP contribution in [0.5, 0.6) is 5.75 Å². The number of carbonyl (C=O) groups is 1. The number of hydrogen-bond donors (Lipinski definition) is 1. The summed E-state index contributed by atoms with van der Waals surface area (Å²) in [5.74, 6) is 1.20. The Morgan fingerprint density at radius 1 is 1.39 bits per heavy atom. The lowest BCUT2D eigenvalue weighted by Crippen LogP contribution is -2.17. The summed E-state index contributed by atoms with van der Waals surface area (Å²) in [5, 5.41) is 2.71. The van der Waals surface area contributed by atoms with Crippen LogP contribution < -0.4 is 10.1 Å². The quantitative estimate of drug-likeness (QED) is 0.874. The lowest BCUT2D eigenvalue weighted by Gasteiger charge is -2.06. The third-order valence-electron chi connectivity index (χ3n) is 2.41. The third-order valence-corrected chi connectivity index (χ3v) is 2.41. The van der Waals surface area contributed by atoms with E-state index in [0.717, 1.165) is 5.75 Å². The average molecular weight is 245 g/mol. The van der Waals surface area contributed by atoms with Crippen LogP contribution in [0, 0.1) is 0 Å². The second-order valence-electron chi connectivity index (χ2n) is 3.82. The Morgan fingerprint density at radius 2 is 2.17 bits per heavy atom. The van der Waals surface area contributed by atoms with E-state index in [1.54, 1.807) is 17.0 Å². The normalized spacial score (nSPS) is 10.1. The van der Waals surface area contributed by atoms with Crippen LogP contribution in [0.2, 0.25) is 0 Å². The van der Waals surface area contributed by atoms with Crippen LogP contribution in [0.25, 0.3) is 0 Å². The molecule has 2 rings (SSSR count). The van der Waals surface area contributed by atoms with Gasteiger partial charge >= 0.3 is 0 Å². The number of rotatable bonds is 5. The summed E-state index contributed by atoms with van der Waals surface area (Å²) < 4.78 is 7.18. The van der Waals surface area contributed by atoms with Gasteiger partial charge in [0.05, 0.1) is 13.0 Å². The van der Waals surface area contributed by atoms with Crippen LogP contribution in [-0.4, -0.2) is 22.1 Å². The molecule has 1 amide bonds. The standard InChI is InChI=1S/C13H15N3O2/c1-16-9-8-14-13(16)15-12(17)7-10-18-11-5-3-2-4-6-11/h2-6,8-9H,7,10H2,1H3,(H,14,15,17). The average Bonchev–Trinajstić information content (AvgIpc) is 2.76. The molecule has 0 unspecified atom stereocenters. The Bertz CT molecular complexity index is 508. The maximum absolute atomic E-state index is 11.6. The smallest absolute Gasteiger partial charge is 0.230 e.